The molecule has 3 rings (SSSR count). The summed E-state index contributed by atoms with van der Waals surface area (Å²) in [4.78, 5) is 20.4. The third kappa shape index (κ3) is 10.3. The van der Waals surface area contributed by atoms with Crippen molar-refractivity contribution in [3.05, 3.63) is 83.9 Å². The number of aromatic carboxylic acids is 2. The molecule has 6 N–H and O–H groups in total. The van der Waals surface area contributed by atoms with Crippen molar-refractivity contribution >= 4 is 43.5 Å². The smallest absolute Gasteiger partial charge is 0.294 e. The zero-order chi connectivity index (χ0) is 27.5. The minimum atomic E-state index is -4.06. The average Bonchev–Trinajstić information content (AvgIpc) is 2.84. The Kier molecular flexibility index (Phi) is 11.3. The second kappa shape index (κ2) is 13.4. The van der Waals surface area contributed by atoms with Crippen LogP contribution in [-0.2, 0) is 20.2 Å². The zero-order valence-corrected chi connectivity index (χ0v) is 20.7. The van der Waals surface area contributed by atoms with Gasteiger partial charge in [-0.3, -0.25) is 9.11 Å². The molecule has 0 fully saturated rings. The lowest BCUT2D eigenvalue weighted by Gasteiger charge is -2.05. The summed E-state index contributed by atoms with van der Waals surface area (Å²) in [6, 6.07) is 17.0. The minimum Gasteiger partial charge on any atom is -0.545 e. The van der Waals surface area contributed by atoms with Gasteiger partial charge >= 0.3 is 0 Å². The van der Waals surface area contributed by atoms with Crippen LogP contribution in [0.25, 0.3) is 0 Å². The summed E-state index contributed by atoms with van der Waals surface area (Å²) in [5, 5.41) is 24.0. The Balaban J connectivity index is 0.000000270. The normalized spacial score (nSPS) is 10.8. The molecule has 0 heterocycles. The molecule has 0 unspecified atom stereocenters. The molecular formula is C22H24N2O10S2. The van der Waals surface area contributed by atoms with Gasteiger partial charge in [-0.1, -0.05) is 30.3 Å². The van der Waals surface area contributed by atoms with Gasteiger partial charge in [0, 0.05) is 12.1 Å². The predicted molar refractivity (Wildman–Crippen MR) is 123 cm³/mol. The maximum absolute atomic E-state index is 10.6. The molecule has 12 nitrogen and oxygen atoms in total. The van der Waals surface area contributed by atoms with E-state index in [1.165, 1.54) is 42.5 Å². The number of quaternary nitrogens is 2. The maximum Gasteiger partial charge on any atom is 0.294 e. The van der Waals surface area contributed by atoms with Crippen LogP contribution < -0.4 is 20.8 Å². The highest BCUT2D eigenvalue weighted by molar-refractivity contribution is 7.86. The van der Waals surface area contributed by atoms with Crippen molar-refractivity contribution in [1.29, 1.82) is 0 Å². The first-order chi connectivity index (χ1) is 16.7. The van der Waals surface area contributed by atoms with Gasteiger partial charge in [-0.15, -0.1) is 0 Å². The van der Waals surface area contributed by atoms with Crippen LogP contribution in [0.4, 0.5) is 11.4 Å². The molecule has 194 valence electrons. The van der Waals surface area contributed by atoms with Crippen molar-refractivity contribution in [3.8, 4) is 0 Å². The van der Waals surface area contributed by atoms with Crippen molar-refractivity contribution in [2.45, 2.75) is 9.79 Å². The standard InChI is InChI=1S/C8H6O4.2C7H9NO3S/c9-7(10)5-2-1-3-6(4-5)8(11)12;2*1-8-6-3-2-4-7(5-6)12(9,10)11/h1-4H,(H,9,10)(H,11,12);2*2-5,8H,1H3,(H,9,10,11). The van der Waals surface area contributed by atoms with Crippen LogP contribution in [0.3, 0.4) is 0 Å². The summed E-state index contributed by atoms with van der Waals surface area (Å²) >= 11 is 0. The topological polar surface area (TPSA) is 222 Å². The molecule has 0 spiro atoms. The van der Waals surface area contributed by atoms with E-state index in [0.29, 0.717) is 0 Å². The number of hydrogen-bond donors (Lipinski definition) is 4. The Morgan fingerprint density at radius 3 is 1.25 bits per heavy atom. The molecule has 3 aromatic carbocycles. The lowest BCUT2D eigenvalue weighted by molar-refractivity contribution is -0.539. The van der Waals surface area contributed by atoms with Crippen molar-refractivity contribution in [1.82, 2.24) is 0 Å². The number of carboxylic acid groups (broad SMARTS) is 2. The van der Waals surface area contributed by atoms with Crippen molar-refractivity contribution in [2.75, 3.05) is 14.1 Å². The van der Waals surface area contributed by atoms with Crippen LogP contribution in [-0.4, -0.2) is 52.0 Å². The Bertz CT molecular complexity index is 1320. The van der Waals surface area contributed by atoms with Crippen molar-refractivity contribution in [3.63, 3.8) is 0 Å². The third-order valence-corrected chi connectivity index (χ3v) is 6.01. The van der Waals surface area contributed by atoms with Crippen LogP contribution >= 0.6 is 0 Å². The van der Waals surface area contributed by atoms with E-state index in [4.69, 9.17) is 9.11 Å². The quantitative estimate of drug-likeness (QED) is 0.197. The van der Waals surface area contributed by atoms with Gasteiger partial charge in [-0.25, -0.2) is 0 Å². The number of benzene rings is 3. The van der Waals surface area contributed by atoms with Gasteiger partial charge in [0.25, 0.3) is 20.2 Å². The molecule has 36 heavy (non-hydrogen) atoms. The molecule has 0 aliphatic carbocycles. The molecule has 0 aromatic heterocycles. The molecule has 0 saturated carbocycles. The van der Waals surface area contributed by atoms with Gasteiger partial charge in [0.05, 0.1) is 35.8 Å². The summed E-state index contributed by atoms with van der Waals surface area (Å²) in [6.07, 6.45) is 0. The fourth-order valence-electron chi connectivity index (χ4n) is 2.48. The van der Waals surface area contributed by atoms with Crippen LogP contribution in [0.2, 0.25) is 0 Å². The summed E-state index contributed by atoms with van der Waals surface area (Å²) in [6.45, 7) is 0. The minimum absolute atomic E-state index is 0.0712. The SMILES string of the molecule is C[NH2+]c1cccc(S(=O)(=O)O)c1.C[NH2+]c1cccc(S(=O)(=O)O)c1.O=C([O-])c1cccc(C(=O)[O-])c1. The van der Waals surface area contributed by atoms with E-state index in [1.807, 2.05) is 0 Å². The number of carbonyl (C=O) groups is 2. The van der Waals surface area contributed by atoms with E-state index in [2.05, 4.69) is 0 Å². The van der Waals surface area contributed by atoms with E-state index in [9.17, 15) is 36.6 Å². The Morgan fingerprint density at radius 1 is 0.639 bits per heavy atom. The van der Waals surface area contributed by atoms with E-state index >= 15 is 0 Å². The van der Waals surface area contributed by atoms with E-state index in [-0.39, 0.29) is 20.9 Å². The van der Waals surface area contributed by atoms with Crippen LogP contribution in [0.15, 0.2) is 82.6 Å². The molecule has 0 aliphatic heterocycles. The molecule has 0 amide bonds. The van der Waals surface area contributed by atoms with Crippen molar-refractivity contribution in [2.24, 2.45) is 0 Å². The van der Waals surface area contributed by atoms with Gasteiger partial charge in [0.2, 0.25) is 0 Å². The maximum atomic E-state index is 10.6. The summed E-state index contributed by atoms with van der Waals surface area (Å²) in [5.74, 6) is -2.81. The highest BCUT2D eigenvalue weighted by atomic mass is 32.2. The number of carboxylic acids is 2. The number of rotatable bonds is 6. The first-order valence-electron chi connectivity index (χ1n) is 9.95. The molecule has 3 aromatic rings. The predicted octanol–water partition coefficient (Wildman–Crippen LogP) is -2.07. The molecule has 0 radical (unpaired) electrons. The highest BCUT2D eigenvalue weighted by Crippen LogP contribution is 2.11. The van der Waals surface area contributed by atoms with Crippen LogP contribution in [0.1, 0.15) is 20.7 Å². The molecule has 0 atom stereocenters. The summed E-state index contributed by atoms with van der Waals surface area (Å²) < 4.78 is 59.9. The largest absolute Gasteiger partial charge is 0.545 e. The Labute approximate surface area is 207 Å². The molecule has 0 saturated heterocycles. The van der Waals surface area contributed by atoms with Gasteiger partial charge in [-0.05, 0) is 41.5 Å². The van der Waals surface area contributed by atoms with Crippen LogP contribution in [0.5, 0.6) is 0 Å². The molecule has 14 heteroatoms. The van der Waals surface area contributed by atoms with E-state index in [1.54, 1.807) is 49.0 Å². The number of hydrogen-bond acceptors (Lipinski definition) is 8. The first kappa shape index (κ1) is 30.4. The lowest BCUT2D eigenvalue weighted by atomic mass is 10.1. The second-order valence-corrected chi connectivity index (χ2v) is 9.67. The van der Waals surface area contributed by atoms with Gasteiger partial charge < -0.3 is 30.4 Å². The Hall–Kier alpha value is -3.66. The third-order valence-electron chi connectivity index (χ3n) is 4.31. The van der Waals surface area contributed by atoms with Gasteiger partial charge in [0.1, 0.15) is 11.4 Å². The second-order valence-electron chi connectivity index (χ2n) is 6.83. The number of nitrogens with two attached hydrogens (primary N) is 2. The highest BCUT2D eigenvalue weighted by Gasteiger charge is 2.10. The van der Waals surface area contributed by atoms with Gasteiger partial charge in [-0.2, -0.15) is 16.8 Å². The summed E-state index contributed by atoms with van der Waals surface area (Å²) in [5.41, 5.74) is 1.20. The summed E-state index contributed by atoms with van der Waals surface area (Å²) in [7, 11) is -4.52. The van der Waals surface area contributed by atoms with Crippen molar-refractivity contribution < 1.29 is 56.4 Å². The van der Waals surface area contributed by atoms with E-state index < -0.39 is 32.2 Å². The Morgan fingerprint density at radius 2 is 0.972 bits per heavy atom. The molecule has 0 aliphatic rings. The first-order valence-corrected chi connectivity index (χ1v) is 12.8. The monoisotopic (exact) mass is 540 g/mol. The lowest BCUT2D eigenvalue weighted by Crippen LogP contribution is -2.72. The van der Waals surface area contributed by atoms with Crippen LogP contribution in [0, 0.1) is 0 Å². The zero-order valence-electron chi connectivity index (χ0n) is 19.1. The van der Waals surface area contributed by atoms with Gasteiger partial charge in [0.15, 0.2) is 0 Å². The average molecular weight is 541 g/mol. The number of carbonyl (C=O) groups excluding carboxylic acids is 2. The van der Waals surface area contributed by atoms with E-state index in [0.717, 1.165) is 17.4 Å². The molecular weight excluding hydrogens is 516 g/mol. The fraction of sp³-hybridized carbons (Fsp3) is 0.0909. The fourth-order valence-corrected chi connectivity index (χ4v) is 3.55. The molecule has 0 bridgehead atoms.